The molecule has 0 aliphatic carbocycles. The van der Waals surface area contributed by atoms with Gasteiger partial charge in [0.2, 0.25) is 0 Å². The second kappa shape index (κ2) is 14.1. The van der Waals surface area contributed by atoms with Crippen LogP contribution in [0.2, 0.25) is 0 Å². The zero-order chi connectivity index (χ0) is 32.7. The van der Waals surface area contributed by atoms with Crippen molar-refractivity contribution < 1.29 is 0 Å². The molecule has 8 rings (SSSR count). The zero-order valence-corrected chi connectivity index (χ0v) is 27.1. The van der Waals surface area contributed by atoms with Crippen molar-refractivity contribution in [2.75, 3.05) is 0 Å². The van der Waals surface area contributed by atoms with Crippen molar-refractivity contribution in [3.8, 4) is 67.5 Å². The molecule has 0 bridgehead atoms. The normalized spacial score (nSPS) is 10.7. The molecule has 0 saturated heterocycles. The molecule has 48 heavy (non-hydrogen) atoms. The van der Waals surface area contributed by atoms with Crippen LogP contribution < -0.4 is 0 Å². The average molecular weight is 618 g/mol. The van der Waals surface area contributed by atoms with Crippen molar-refractivity contribution in [3.05, 3.63) is 176 Å². The molecule has 1 heterocycles. The zero-order valence-electron chi connectivity index (χ0n) is 27.1. The molecule has 0 aliphatic heterocycles. The van der Waals surface area contributed by atoms with E-state index in [-0.39, 0.29) is 0 Å². The minimum atomic E-state index is 0.642. The highest BCUT2D eigenvalue weighted by Gasteiger charge is 2.14. The second-order valence-electron chi connectivity index (χ2n) is 11.3. The van der Waals surface area contributed by atoms with Gasteiger partial charge in [0.05, 0.1) is 0 Å². The molecule has 0 atom stereocenters. The van der Waals surface area contributed by atoms with Gasteiger partial charge in [0.25, 0.3) is 0 Å². The van der Waals surface area contributed by atoms with Crippen LogP contribution in [0.5, 0.6) is 0 Å². The van der Waals surface area contributed by atoms with Gasteiger partial charge in [-0.05, 0) is 44.2 Å². The standard InChI is InChI=1S/C43H29N3.C2H6/c1-3-10-30(11-4-1)32-18-24-36(25-19-32)41-44-42(37-26-20-33(21-27-37)31-12-5-2-6-13-31)46-43(45-41)38-28-22-35(23-29-38)40-17-9-15-34-14-7-8-16-39(34)40;1-2/h1-29H;1-2H3. The highest BCUT2D eigenvalue weighted by Crippen LogP contribution is 2.32. The van der Waals surface area contributed by atoms with Crippen molar-refractivity contribution in [1.29, 1.82) is 0 Å². The first kappa shape index (κ1) is 30.5. The number of hydrogen-bond donors (Lipinski definition) is 0. The first-order chi connectivity index (χ1) is 23.8. The fraction of sp³-hybridized carbons (Fsp3) is 0.0444. The first-order valence-electron chi connectivity index (χ1n) is 16.4. The Kier molecular flexibility index (Phi) is 8.93. The van der Waals surface area contributed by atoms with E-state index >= 15 is 0 Å². The maximum absolute atomic E-state index is 5.00. The molecule has 0 saturated carbocycles. The van der Waals surface area contributed by atoms with Crippen LogP contribution in [0, 0.1) is 0 Å². The molecule has 7 aromatic carbocycles. The van der Waals surface area contributed by atoms with Crippen LogP contribution in [-0.4, -0.2) is 15.0 Å². The van der Waals surface area contributed by atoms with E-state index in [4.69, 9.17) is 15.0 Å². The summed E-state index contributed by atoms with van der Waals surface area (Å²) in [5, 5.41) is 2.47. The summed E-state index contributed by atoms with van der Waals surface area (Å²) in [4.78, 5) is 15.0. The average Bonchev–Trinajstić information content (AvgIpc) is 3.19. The van der Waals surface area contributed by atoms with Crippen molar-refractivity contribution in [2.24, 2.45) is 0 Å². The molecule has 0 unspecified atom stereocenters. The lowest BCUT2D eigenvalue weighted by Gasteiger charge is -2.11. The van der Waals surface area contributed by atoms with E-state index < -0.39 is 0 Å². The fourth-order valence-electron chi connectivity index (χ4n) is 5.92. The lowest BCUT2D eigenvalue weighted by Crippen LogP contribution is -2.00. The largest absolute Gasteiger partial charge is 0.208 e. The summed E-state index contributed by atoms with van der Waals surface area (Å²) in [6.07, 6.45) is 0. The third-order valence-corrected chi connectivity index (χ3v) is 8.38. The molecule has 0 aliphatic rings. The number of hydrogen-bond acceptors (Lipinski definition) is 3. The van der Waals surface area contributed by atoms with E-state index in [1.54, 1.807) is 0 Å². The summed E-state index contributed by atoms with van der Waals surface area (Å²) in [7, 11) is 0. The van der Waals surface area contributed by atoms with Crippen LogP contribution in [0.4, 0.5) is 0 Å². The number of benzene rings is 7. The molecule has 0 spiro atoms. The van der Waals surface area contributed by atoms with Crippen LogP contribution >= 0.6 is 0 Å². The predicted molar refractivity (Wildman–Crippen MR) is 201 cm³/mol. The second-order valence-corrected chi connectivity index (χ2v) is 11.3. The van der Waals surface area contributed by atoms with Crippen molar-refractivity contribution in [1.82, 2.24) is 15.0 Å². The lowest BCUT2D eigenvalue weighted by atomic mass is 9.97. The monoisotopic (exact) mass is 617 g/mol. The third kappa shape index (κ3) is 6.40. The predicted octanol–water partition coefficient (Wildman–Crippen LogP) is 12.1. The van der Waals surface area contributed by atoms with Gasteiger partial charge in [-0.3, -0.25) is 0 Å². The van der Waals surface area contributed by atoms with E-state index in [0.29, 0.717) is 17.5 Å². The van der Waals surface area contributed by atoms with Crippen molar-refractivity contribution in [2.45, 2.75) is 13.8 Å². The minimum absolute atomic E-state index is 0.642. The third-order valence-electron chi connectivity index (χ3n) is 8.38. The van der Waals surface area contributed by atoms with Gasteiger partial charge in [-0.25, -0.2) is 15.0 Å². The van der Waals surface area contributed by atoms with Gasteiger partial charge in [-0.2, -0.15) is 0 Å². The summed E-state index contributed by atoms with van der Waals surface area (Å²) in [5.41, 5.74) is 9.85. The quantitative estimate of drug-likeness (QED) is 0.186. The smallest absolute Gasteiger partial charge is 0.164 e. The van der Waals surface area contributed by atoms with Crippen LogP contribution in [0.15, 0.2) is 176 Å². The Labute approximate surface area is 282 Å². The van der Waals surface area contributed by atoms with Crippen LogP contribution in [0.25, 0.3) is 78.3 Å². The summed E-state index contributed by atoms with van der Waals surface area (Å²) >= 11 is 0. The van der Waals surface area contributed by atoms with E-state index in [1.165, 1.54) is 27.5 Å². The Morgan fingerprint density at radius 1 is 0.271 bits per heavy atom. The van der Waals surface area contributed by atoms with E-state index in [2.05, 4.69) is 164 Å². The van der Waals surface area contributed by atoms with Gasteiger partial charge in [0, 0.05) is 16.7 Å². The SMILES string of the molecule is CC.c1ccc(-c2ccc(-c3nc(-c4ccc(-c5ccccc5)cc4)nc(-c4ccc(-c5cccc6ccccc56)cc4)n3)cc2)cc1. The Morgan fingerprint density at radius 3 is 1.06 bits per heavy atom. The number of fused-ring (bicyclic) bond motifs is 1. The molecule has 1 aromatic heterocycles. The summed E-state index contributed by atoms with van der Waals surface area (Å²) in [6.45, 7) is 4.00. The van der Waals surface area contributed by atoms with Gasteiger partial charge in [-0.15, -0.1) is 0 Å². The Balaban J connectivity index is 0.00000179. The summed E-state index contributed by atoms with van der Waals surface area (Å²) in [6, 6.07) is 61.1. The van der Waals surface area contributed by atoms with Crippen LogP contribution in [0.1, 0.15) is 13.8 Å². The fourth-order valence-corrected chi connectivity index (χ4v) is 5.92. The number of nitrogens with zero attached hydrogens (tertiary/aromatic N) is 3. The van der Waals surface area contributed by atoms with Gasteiger partial charge in [0.1, 0.15) is 0 Å². The van der Waals surface area contributed by atoms with Gasteiger partial charge in [-0.1, -0.05) is 190 Å². The highest BCUT2D eigenvalue weighted by atomic mass is 15.0. The molecule has 0 amide bonds. The number of rotatable bonds is 6. The summed E-state index contributed by atoms with van der Waals surface area (Å²) < 4.78 is 0. The van der Waals surface area contributed by atoms with E-state index in [1.807, 2.05) is 26.0 Å². The van der Waals surface area contributed by atoms with Gasteiger partial charge >= 0.3 is 0 Å². The van der Waals surface area contributed by atoms with Crippen LogP contribution in [-0.2, 0) is 0 Å². The molecule has 0 radical (unpaired) electrons. The molecular formula is C45H35N3. The molecule has 8 aromatic rings. The minimum Gasteiger partial charge on any atom is -0.208 e. The Bertz CT molecular complexity index is 2150. The molecule has 0 fully saturated rings. The molecule has 0 N–H and O–H groups in total. The first-order valence-corrected chi connectivity index (χ1v) is 16.4. The Hall–Kier alpha value is -6.19. The van der Waals surface area contributed by atoms with Gasteiger partial charge in [0.15, 0.2) is 17.5 Å². The highest BCUT2D eigenvalue weighted by molar-refractivity contribution is 5.96. The summed E-state index contributed by atoms with van der Waals surface area (Å²) in [5.74, 6) is 1.93. The van der Waals surface area contributed by atoms with Crippen LogP contribution in [0.3, 0.4) is 0 Å². The van der Waals surface area contributed by atoms with E-state index in [9.17, 15) is 0 Å². The molecule has 3 nitrogen and oxygen atoms in total. The number of aromatic nitrogens is 3. The van der Waals surface area contributed by atoms with Crippen molar-refractivity contribution >= 4 is 10.8 Å². The molecule has 3 heteroatoms. The Morgan fingerprint density at radius 2 is 0.604 bits per heavy atom. The topological polar surface area (TPSA) is 38.7 Å². The van der Waals surface area contributed by atoms with Crippen molar-refractivity contribution in [3.63, 3.8) is 0 Å². The molecule has 230 valence electrons. The maximum Gasteiger partial charge on any atom is 0.164 e. The van der Waals surface area contributed by atoms with Gasteiger partial charge < -0.3 is 0 Å². The molecular weight excluding hydrogens is 583 g/mol. The maximum atomic E-state index is 5.00. The lowest BCUT2D eigenvalue weighted by molar-refractivity contribution is 1.07. The van der Waals surface area contributed by atoms with E-state index in [0.717, 1.165) is 33.4 Å².